The Morgan fingerprint density at radius 1 is 1.47 bits per heavy atom. The van der Waals surface area contributed by atoms with E-state index in [0.717, 1.165) is 43.1 Å². The van der Waals surface area contributed by atoms with Crippen LogP contribution in [0.25, 0.3) is 0 Å². The van der Waals surface area contributed by atoms with Crippen LogP contribution in [0.4, 0.5) is 5.69 Å². The minimum Gasteiger partial charge on any atom is -0.376 e. The lowest BCUT2D eigenvalue weighted by molar-refractivity contribution is 0.0440. The number of hydrogen-bond acceptors (Lipinski definition) is 3. The normalized spacial score (nSPS) is 19.7. The summed E-state index contributed by atoms with van der Waals surface area (Å²) in [7, 11) is 0. The highest BCUT2D eigenvalue weighted by Crippen LogP contribution is 2.26. The summed E-state index contributed by atoms with van der Waals surface area (Å²) in [5.41, 5.74) is 7.81. The molecular weight excluding hydrogens is 260 g/mol. The number of hydrogen-bond donors (Lipinski definition) is 1. The van der Waals surface area contributed by atoms with Crippen molar-refractivity contribution in [1.82, 2.24) is 0 Å². The number of nitrogens with zero attached hydrogens (tertiary/aromatic N) is 1. The minimum atomic E-state index is 0.349. The van der Waals surface area contributed by atoms with Crippen LogP contribution in [0.3, 0.4) is 0 Å². The maximum atomic E-state index is 6.23. The van der Waals surface area contributed by atoms with Crippen molar-refractivity contribution in [1.29, 1.82) is 0 Å². The fourth-order valence-electron chi connectivity index (χ4n) is 2.49. The van der Waals surface area contributed by atoms with E-state index in [9.17, 15) is 0 Å². The molecule has 19 heavy (non-hydrogen) atoms. The van der Waals surface area contributed by atoms with E-state index < -0.39 is 0 Å². The van der Waals surface area contributed by atoms with E-state index in [-0.39, 0.29) is 0 Å². The van der Waals surface area contributed by atoms with Crippen LogP contribution in [0.15, 0.2) is 18.2 Å². The molecule has 1 heterocycles. The Balaban J connectivity index is 2.02. The Labute approximate surface area is 120 Å². The standard InChI is InChI=1S/C15H23ClN2O/c1-2-8-19-14-4-3-7-18(11-14)13-6-5-12(10-17)15(16)9-13/h5-6,9,14H,2-4,7-8,10-11,17H2,1H3. The van der Waals surface area contributed by atoms with E-state index in [1.807, 2.05) is 12.1 Å². The van der Waals surface area contributed by atoms with Gasteiger partial charge >= 0.3 is 0 Å². The van der Waals surface area contributed by atoms with Crippen LogP contribution in [-0.4, -0.2) is 25.8 Å². The molecule has 1 aliphatic heterocycles. The predicted octanol–water partition coefficient (Wildman–Crippen LogP) is 3.19. The van der Waals surface area contributed by atoms with Crippen molar-refractivity contribution in [3.8, 4) is 0 Å². The van der Waals surface area contributed by atoms with Gasteiger partial charge in [-0.05, 0) is 37.0 Å². The van der Waals surface area contributed by atoms with Crippen molar-refractivity contribution in [2.45, 2.75) is 38.8 Å². The van der Waals surface area contributed by atoms with E-state index in [0.29, 0.717) is 12.6 Å². The molecule has 1 aromatic rings. The number of halogens is 1. The summed E-state index contributed by atoms with van der Waals surface area (Å²) in [5.74, 6) is 0. The summed E-state index contributed by atoms with van der Waals surface area (Å²) in [4.78, 5) is 2.36. The van der Waals surface area contributed by atoms with Crippen LogP contribution < -0.4 is 10.6 Å². The number of rotatable bonds is 5. The summed E-state index contributed by atoms with van der Waals surface area (Å²) in [6.07, 6.45) is 3.75. The second-order valence-electron chi connectivity index (χ2n) is 5.06. The van der Waals surface area contributed by atoms with Gasteiger partial charge in [-0.25, -0.2) is 0 Å². The first kappa shape index (κ1) is 14.6. The zero-order valence-electron chi connectivity index (χ0n) is 11.6. The van der Waals surface area contributed by atoms with E-state index in [1.54, 1.807) is 0 Å². The maximum absolute atomic E-state index is 6.23. The largest absolute Gasteiger partial charge is 0.376 e. The lowest BCUT2D eigenvalue weighted by Crippen LogP contribution is -2.39. The quantitative estimate of drug-likeness (QED) is 0.901. The van der Waals surface area contributed by atoms with Crippen molar-refractivity contribution >= 4 is 17.3 Å². The highest BCUT2D eigenvalue weighted by atomic mass is 35.5. The monoisotopic (exact) mass is 282 g/mol. The molecule has 0 spiro atoms. The zero-order valence-corrected chi connectivity index (χ0v) is 12.3. The van der Waals surface area contributed by atoms with Gasteiger partial charge in [0.05, 0.1) is 6.10 Å². The average Bonchev–Trinajstić information content (AvgIpc) is 2.45. The van der Waals surface area contributed by atoms with Gasteiger partial charge in [-0.3, -0.25) is 0 Å². The first-order valence-corrected chi connectivity index (χ1v) is 7.47. The van der Waals surface area contributed by atoms with E-state index in [2.05, 4.69) is 17.9 Å². The van der Waals surface area contributed by atoms with Crippen molar-refractivity contribution in [2.24, 2.45) is 5.73 Å². The molecule has 4 heteroatoms. The molecule has 2 rings (SSSR count). The third-order valence-electron chi connectivity index (χ3n) is 3.56. The summed E-state index contributed by atoms with van der Waals surface area (Å²) in [5, 5.41) is 0.761. The average molecular weight is 283 g/mol. The fourth-order valence-corrected chi connectivity index (χ4v) is 2.74. The van der Waals surface area contributed by atoms with Crippen LogP contribution >= 0.6 is 11.6 Å². The van der Waals surface area contributed by atoms with E-state index in [1.165, 1.54) is 12.1 Å². The molecule has 1 aromatic carbocycles. The lowest BCUT2D eigenvalue weighted by atomic mass is 10.1. The van der Waals surface area contributed by atoms with Gasteiger partial charge in [-0.15, -0.1) is 0 Å². The molecule has 0 saturated carbocycles. The third-order valence-corrected chi connectivity index (χ3v) is 3.91. The summed E-state index contributed by atoms with van der Waals surface area (Å²) >= 11 is 6.23. The molecule has 0 aromatic heterocycles. The summed E-state index contributed by atoms with van der Waals surface area (Å²) < 4.78 is 5.86. The van der Waals surface area contributed by atoms with Gasteiger partial charge in [0.1, 0.15) is 0 Å². The second kappa shape index (κ2) is 7.13. The van der Waals surface area contributed by atoms with Gasteiger partial charge in [0.2, 0.25) is 0 Å². The number of nitrogens with two attached hydrogens (primary N) is 1. The van der Waals surface area contributed by atoms with Crippen LogP contribution in [0.5, 0.6) is 0 Å². The second-order valence-corrected chi connectivity index (χ2v) is 5.47. The SMILES string of the molecule is CCCOC1CCCN(c2ccc(CN)c(Cl)c2)C1. The van der Waals surface area contributed by atoms with Gasteiger partial charge in [-0.2, -0.15) is 0 Å². The van der Waals surface area contributed by atoms with E-state index in [4.69, 9.17) is 22.1 Å². The molecule has 1 unspecified atom stereocenters. The molecule has 0 bridgehead atoms. The number of anilines is 1. The van der Waals surface area contributed by atoms with Crippen molar-refractivity contribution in [3.63, 3.8) is 0 Å². The smallest absolute Gasteiger partial charge is 0.0750 e. The number of piperidine rings is 1. The lowest BCUT2D eigenvalue weighted by Gasteiger charge is -2.34. The van der Waals surface area contributed by atoms with Crippen LogP contribution in [0, 0.1) is 0 Å². The topological polar surface area (TPSA) is 38.5 Å². The first-order valence-electron chi connectivity index (χ1n) is 7.09. The van der Waals surface area contributed by atoms with E-state index >= 15 is 0 Å². The van der Waals surface area contributed by atoms with Crippen LogP contribution in [0.1, 0.15) is 31.7 Å². The molecule has 106 valence electrons. The van der Waals surface area contributed by atoms with Crippen LogP contribution in [0.2, 0.25) is 5.02 Å². The molecule has 3 nitrogen and oxygen atoms in total. The number of benzene rings is 1. The molecule has 1 atom stereocenters. The van der Waals surface area contributed by atoms with Gasteiger partial charge in [0, 0.05) is 37.0 Å². The Morgan fingerprint density at radius 2 is 2.32 bits per heavy atom. The highest BCUT2D eigenvalue weighted by Gasteiger charge is 2.20. The molecule has 1 aliphatic rings. The molecule has 1 fully saturated rings. The molecule has 2 N–H and O–H groups in total. The third kappa shape index (κ3) is 3.85. The van der Waals surface area contributed by atoms with Crippen molar-refractivity contribution in [3.05, 3.63) is 28.8 Å². The predicted molar refractivity (Wildman–Crippen MR) is 80.8 cm³/mol. The molecule has 0 radical (unpaired) electrons. The molecule has 0 amide bonds. The Kier molecular flexibility index (Phi) is 5.49. The van der Waals surface area contributed by atoms with Gasteiger partial charge < -0.3 is 15.4 Å². The maximum Gasteiger partial charge on any atom is 0.0750 e. The molecule has 0 aliphatic carbocycles. The first-order chi connectivity index (χ1) is 9.24. The summed E-state index contributed by atoms with van der Waals surface area (Å²) in [6, 6.07) is 6.15. The zero-order chi connectivity index (χ0) is 13.7. The number of ether oxygens (including phenoxy) is 1. The van der Waals surface area contributed by atoms with Gasteiger partial charge in [0.25, 0.3) is 0 Å². The van der Waals surface area contributed by atoms with Crippen LogP contribution in [-0.2, 0) is 11.3 Å². The van der Waals surface area contributed by atoms with Crippen molar-refractivity contribution < 1.29 is 4.74 Å². The Bertz CT molecular complexity index is 411. The highest BCUT2D eigenvalue weighted by molar-refractivity contribution is 6.31. The molecular formula is C15H23ClN2O. The van der Waals surface area contributed by atoms with Gasteiger partial charge in [-0.1, -0.05) is 24.6 Å². The fraction of sp³-hybridized carbons (Fsp3) is 0.600. The van der Waals surface area contributed by atoms with Crippen molar-refractivity contribution in [2.75, 3.05) is 24.6 Å². The molecule has 1 saturated heterocycles. The minimum absolute atomic E-state index is 0.349. The van der Waals surface area contributed by atoms with Gasteiger partial charge in [0.15, 0.2) is 0 Å². The summed E-state index contributed by atoms with van der Waals surface area (Å²) in [6.45, 7) is 5.52. The Morgan fingerprint density at radius 3 is 3.00 bits per heavy atom. The Hall–Kier alpha value is -0.770.